The zero-order valence-electron chi connectivity index (χ0n) is 16.4. The molecule has 0 unspecified atom stereocenters. The normalized spacial score (nSPS) is 11.7. The van der Waals surface area contributed by atoms with Gasteiger partial charge in [0.05, 0.1) is 0 Å². The lowest BCUT2D eigenvalue weighted by atomic mass is 10.1. The maximum Gasteiger partial charge on any atom is 0.342 e. The highest BCUT2D eigenvalue weighted by Gasteiger charge is 2.27. The topological polar surface area (TPSA) is 68.5 Å². The number of hydrogen-bond donors (Lipinski definition) is 1. The fourth-order valence-corrected chi connectivity index (χ4v) is 2.97. The highest BCUT2D eigenvalue weighted by atomic mass is 16.5. The van der Waals surface area contributed by atoms with Crippen LogP contribution >= 0.6 is 0 Å². The van der Waals surface area contributed by atoms with Gasteiger partial charge in [-0.1, -0.05) is 42.5 Å². The number of carbonyl (C=O) groups excluding carboxylic acids is 2. The third-order valence-electron chi connectivity index (χ3n) is 4.48. The first-order valence-corrected chi connectivity index (χ1v) is 9.06. The minimum atomic E-state index is -1.08. The number of carbonyl (C=O) groups is 2. The van der Waals surface area contributed by atoms with E-state index >= 15 is 0 Å². The highest BCUT2D eigenvalue weighted by molar-refractivity contribution is 5.98. The van der Waals surface area contributed by atoms with Gasteiger partial charge in [-0.3, -0.25) is 4.79 Å². The Labute approximate surface area is 164 Å². The number of amides is 1. The van der Waals surface area contributed by atoms with Gasteiger partial charge in [0.15, 0.2) is 0 Å². The lowest BCUT2D eigenvalue weighted by molar-refractivity contribution is -0.125. The Hall–Kier alpha value is -3.34. The second-order valence-corrected chi connectivity index (χ2v) is 6.83. The highest BCUT2D eigenvalue weighted by Crippen LogP contribution is 2.25. The van der Waals surface area contributed by atoms with Crippen molar-refractivity contribution in [2.45, 2.75) is 33.8 Å². The van der Waals surface area contributed by atoms with Crippen molar-refractivity contribution < 1.29 is 18.7 Å². The average Bonchev–Trinajstić information content (AvgIpc) is 3.01. The molecule has 1 atom stereocenters. The first-order chi connectivity index (χ1) is 13.3. The van der Waals surface area contributed by atoms with Crippen molar-refractivity contribution in [3.8, 4) is 0 Å². The van der Waals surface area contributed by atoms with Crippen LogP contribution in [0.1, 0.15) is 44.7 Å². The molecular formula is C23H23NO4. The molecule has 2 aromatic carbocycles. The minimum Gasteiger partial charge on any atom is -0.466 e. The van der Waals surface area contributed by atoms with Crippen LogP contribution in [-0.4, -0.2) is 11.9 Å². The largest absolute Gasteiger partial charge is 0.466 e. The van der Waals surface area contributed by atoms with E-state index in [-0.39, 0.29) is 0 Å². The summed E-state index contributed by atoms with van der Waals surface area (Å²) in [6.45, 7) is 7.31. The van der Waals surface area contributed by atoms with Gasteiger partial charge < -0.3 is 14.5 Å². The van der Waals surface area contributed by atoms with E-state index in [9.17, 15) is 9.59 Å². The average molecular weight is 377 g/mol. The number of furan rings is 1. The van der Waals surface area contributed by atoms with Crippen molar-refractivity contribution in [1.82, 2.24) is 0 Å². The number of nitrogens with one attached hydrogen (secondary N) is 1. The molecule has 0 fully saturated rings. The van der Waals surface area contributed by atoms with E-state index in [1.807, 2.05) is 38.1 Å². The molecule has 144 valence electrons. The van der Waals surface area contributed by atoms with E-state index in [1.54, 1.807) is 44.2 Å². The van der Waals surface area contributed by atoms with Crippen molar-refractivity contribution in [3.63, 3.8) is 0 Å². The van der Waals surface area contributed by atoms with Crippen molar-refractivity contribution >= 4 is 17.6 Å². The van der Waals surface area contributed by atoms with E-state index in [0.717, 1.165) is 11.1 Å². The van der Waals surface area contributed by atoms with Gasteiger partial charge in [0.1, 0.15) is 17.1 Å². The molecule has 0 saturated carbocycles. The molecule has 0 radical (unpaired) electrons. The number of aryl methyl sites for hydroxylation is 4. The van der Waals surface area contributed by atoms with Crippen molar-refractivity contribution in [2.75, 3.05) is 5.32 Å². The first kappa shape index (κ1) is 19.4. The molecule has 0 saturated heterocycles. The quantitative estimate of drug-likeness (QED) is 0.632. The predicted octanol–water partition coefficient (Wildman–Crippen LogP) is 5.05. The van der Waals surface area contributed by atoms with Crippen LogP contribution in [0.25, 0.3) is 0 Å². The molecule has 5 heteroatoms. The summed E-state index contributed by atoms with van der Waals surface area (Å²) < 4.78 is 11.0. The van der Waals surface area contributed by atoms with Crippen molar-refractivity contribution in [1.29, 1.82) is 0 Å². The summed E-state index contributed by atoms with van der Waals surface area (Å²) in [6, 6.07) is 16.4. The summed E-state index contributed by atoms with van der Waals surface area (Å²) in [5.41, 5.74) is 3.56. The summed E-state index contributed by atoms with van der Waals surface area (Å²) >= 11 is 0. The maximum atomic E-state index is 13.0. The zero-order valence-corrected chi connectivity index (χ0v) is 16.4. The van der Waals surface area contributed by atoms with Gasteiger partial charge in [-0.05, 0) is 51.0 Å². The van der Waals surface area contributed by atoms with Gasteiger partial charge in [-0.25, -0.2) is 4.79 Å². The predicted molar refractivity (Wildman–Crippen MR) is 107 cm³/mol. The van der Waals surface area contributed by atoms with Gasteiger partial charge in [-0.2, -0.15) is 0 Å². The third-order valence-corrected chi connectivity index (χ3v) is 4.48. The number of hydrogen-bond acceptors (Lipinski definition) is 4. The molecule has 1 heterocycles. The van der Waals surface area contributed by atoms with E-state index in [4.69, 9.17) is 9.15 Å². The van der Waals surface area contributed by atoms with Crippen LogP contribution in [0.4, 0.5) is 5.69 Å². The summed E-state index contributed by atoms with van der Waals surface area (Å²) in [5.74, 6) is 0.0650. The lowest BCUT2D eigenvalue weighted by Crippen LogP contribution is -2.26. The Morgan fingerprint density at radius 1 is 0.964 bits per heavy atom. The molecule has 5 nitrogen and oxygen atoms in total. The Bertz CT molecular complexity index is 1000. The zero-order chi connectivity index (χ0) is 20.3. The molecule has 3 rings (SSSR count). The van der Waals surface area contributed by atoms with Gasteiger partial charge in [0.25, 0.3) is 5.91 Å². The fraction of sp³-hybridized carbons (Fsp3) is 0.217. The van der Waals surface area contributed by atoms with Gasteiger partial charge >= 0.3 is 5.97 Å². The van der Waals surface area contributed by atoms with Crippen molar-refractivity contribution in [2.24, 2.45) is 0 Å². The number of ether oxygens (including phenoxy) is 1. The standard InChI is InChI=1S/C23H23NO4/c1-14-10-11-15(2)20(12-14)24-22(25)21(18-8-6-5-7-9-18)28-23(26)19-13-16(3)27-17(19)4/h5-13,21H,1-4H3,(H,24,25)/t21-/m1/s1. The third kappa shape index (κ3) is 4.31. The van der Waals surface area contributed by atoms with Crippen molar-refractivity contribution in [3.05, 3.63) is 88.4 Å². The Balaban J connectivity index is 1.89. The molecule has 0 aliphatic rings. The molecular weight excluding hydrogens is 354 g/mol. The maximum absolute atomic E-state index is 13.0. The van der Waals surface area contributed by atoms with Crippen LogP contribution < -0.4 is 5.32 Å². The number of anilines is 1. The molecule has 1 amide bonds. The number of esters is 1. The molecule has 3 aromatic rings. The Morgan fingerprint density at radius 2 is 1.68 bits per heavy atom. The van der Waals surface area contributed by atoms with Crippen LogP contribution in [0.2, 0.25) is 0 Å². The summed E-state index contributed by atoms with van der Waals surface area (Å²) in [4.78, 5) is 25.7. The first-order valence-electron chi connectivity index (χ1n) is 9.06. The number of rotatable bonds is 5. The summed E-state index contributed by atoms with van der Waals surface area (Å²) in [5, 5.41) is 2.89. The monoisotopic (exact) mass is 377 g/mol. The second-order valence-electron chi connectivity index (χ2n) is 6.83. The van der Waals surface area contributed by atoms with Gasteiger partial charge in [0.2, 0.25) is 6.10 Å². The van der Waals surface area contributed by atoms with Gasteiger partial charge in [0, 0.05) is 11.3 Å². The minimum absolute atomic E-state index is 0.318. The number of benzene rings is 2. The lowest BCUT2D eigenvalue weighted by Gasteiger charge is -2.19. The molecule has 28 heavy (non-hydrogen) atoms. The summed E-state index contributed by atoms with van der Waals surface area (Å²) in [7, 11) is 0. The molecule has 1 aromatic heterocycles. The summed E-state index contributed by atoms with van der Waals surface area (Å²) in [6.07, 6.45) is -1.08. The fourth-order valence-electron chi connectivity index (χ4n) is 2.97. The van der Waals surface area contributed by atoms with Crippen LogP contribution in [0.5, 0.6) is 0 Å². The SMILES string of the molecule is Cc1ccc(C)c(NC(=O)[C@H](OC(=O)c2cc(C)oc2C)c2ccccc2)c1. The molecule has 0 aliphatic carbocycles. The Morgan fingerprint density at radius 3 is 2.32 bits per heavy atom. The van der Waals surface area contributed by atoms with E-state index < -0.39 is 18.0 Å². The van der Waals surface area contributed by atoms with E-state index in [2.05, 4.69) is 5.32 Å². The Kier molecular flexibility index (Phi) is 5.64. The van der Waals surface area contributed by atoms with Crippen LogP contribution in [0.3, 0.4) is 0 Å². The smallest absolute Gasteiger partial charge is 0.342 e. The molecule has 1 N–H and O–H groups in total. The van der Waals surface area contributed by atoms with Gasteiger partial charge in [-0.15, -0.1) is 0 Å². The van der Waals surface area contributed by atoms with E-state index in [0.29, 0.717) is 28.3 Å². The van der Waals surface area contributed by atoms with Crippen LogP contribution in [-0.2, 0) is 9.53 Å². The molecule has 0 aliphatic heterocycles. The molecule has 0 spiro atoms. The molecule has 0 bridgehead atoms. The van der Waals surface area contributed by atoms with E-state index in [1.165, 1.54) is 0 Å². The van der Waals surface area contributed by atoms with Crippen LogP contribution in [0, 0.1) is 27.7 Å². The second kappa shape index (κ2) is 8.13. The van der Waals surface area contributed by atoms with Crippen LogP contribution in [0.15, 0.2) is 59.0 Å².